The van der Waals surface area contributed by atoms with Crippen molar-refractivity contribution < 1.29 is 20.1 Å². The molecular weight excluding hydrogens is 304 g/mol. The molecule has 132 valence electrons. The van der Waals surface area contributed by atoms with Gasteiger partial charge in [-0.15, -0.1) is 0 Å². The van der Waals surface area contributed by atoms with Crippen LogP contribution in [-0.2, 0) is 16.6 Å². The summed E-state index contributed by atoms with van der Waals surface area (Å²) in [5, 5.41) is 29.8. The monoisotopic (exact) mass is 332 g/mol. The minimum Gasteiger partial charge on any atom is -0.508 e. The average Bonchev–Trinajstić information content (AvgIpc) is 2.53. The second-order valence-corrected chi connectivity index (χ2v) is 8.19. The van der Waals surface area contributed by atoms with E-state index >= 15 is 0 Å². The summed E-state index contributed by atoms with van der Waals surface area (Å²) < 4.78 is 0. The van der Waals surface area contributed by atoms with Crippen molar-refractivity contribution in [3.63, 3.8) is 0 Å². The van der Waals surface area contributed by atoms with Crippen LogP contribution < -0.4 is 0 Å². The van der Waals surface area contributed by atoms with Gasteiger partial charge in [0, 0.05) is 18.1 Å². The molecule has 0 bridgehead atoms. The maximum atomic E-state index is 12.0. The van der Waals surface area contributed by atoms with E-state index in [4.69, 9.17) is 0 Å². The number of aliphatic carboxylic acids is 1. The van der Waals surface area contributed by atoms with Crippen molar-refractivity contribution in [3.05, 3.63) is 28.8 Å². The zero-order chi connectivity index (χ0) is 17.7. The molecule has 3 N–H and O–H groups in total. The topological polar surface area (TPSA) is 77.8 Å². The molecule has 0 aliphatic heterocycles. The number of hydrogen-bond donors (Lipinski definition) is 3. The minimum absolute atomic E-state index is 0.00298. The molecule has 1 saturated carbocycles. The molecule has 24 heavy (non-hydrogen) atoms. The first kappa shape index (κ1) is 17.3. The molecule has 4 atom stereocenters. The Morgan fingerprint density at radius 2 is 2.04 bits per heavy atom. The molecule has 0 saturated heterocycles. The van der Waals surface area contributed by atoms with E-state index in [0.29, 0.717) is 0 Å². The Balaban J connectivity index is 2.16. The van der Waals surface area contributed by atoms with Crippen molar-refractivity contribution in [2.75, 3.05) is 6.61 Å². The van der Waals surface area contributed by atoms with Crippen LogP contribution in [-0.4, -0.2) is 27.9 Å². The highest BCUT2D eigenvalue weighted by Crippen LogP contribution is 2.58. The number of fused-ring (bicyclic) bond motifs is 3. The van der Waals surface area contributed by atoms with Crippen LogP contribution in [0.1, 0.15) is 69.1 Å². The fourth-order valence-corrected chi connectivity index (χ4v) is 5.48. The summed E-state index contributed by atoms with van der Waals surface area (Å²) in [4.78, 5) is 12.0. The zero-order valence-electron chi connectivity index (χ0n) is 14.8. The summed E-state index contributed by atoms with van der Waals surface area (Å²) in [7, 11) is 0. The van der Waals surface area contributed by atoms with Crippen molar-refractivity contribution in [2.24, 2.45) is 11.3 Å². The lowest BCUT2D eigenvalue weighted by Crippen LogP contribution is -2.52. The molecule has 1 aromatic rings. The van der Waals surface area contributed by atoms with E-state index in [1.807, 2.05) is 19.9 Å². The van der Waals surface area contributed by atoms with Crippen molar-refractivity contribution in [3.8, 4) is 5.75 Å². The van der Waals surface area contributed by atoms with Crippen LogP contribution in [0.2, 0.25) is 0 Å². The lowest BCUT2D eigenvalue weighted by molar-refractivity contribution is -0.157. The maximum Gasteiger partial charge on any atom is 0.309 e. The standard InChI is InChI=1S/C20H28O4/c1-12(11-21)17-13-5-8-16-19(2,14(13)6-7-15(17)22)9-4-10-20(16,3)18(23)24/h6-7,12,16,21-22H,4-5,8-11H2,1-3H3,(H,23,24). The number of carbonyl (C=O) groups is 1. The molecule has 0 aromatic heterocycles. The Morgan fingerprint density at radius 1 is 1.33 bits per heavy atom. The lowest BCUT2D eigenvalue weighted by atomic mass is 9.49. The third kappa shape index (κ3) is 2.26. The first-order valence-corrected chi connectivity index (χ1v) is 8.95. The summed E-state index contributed by atoms with van der Waals surface area (Å²) in [6.07, 6.45) is 4.20. The van der Waals surface area contributed by atoms with Crippen LogP contribution in [0.3, 0.4) is 0 Å². The van der Waals surface area contributed by atoms with Crippen LogP contribution in [0.4, 0.5) is 0 Å². The number of aromatic hydroxyl groups is 1. The number of aliphatic hydroxyl groups is 1. The summed E-state index contributed by atoms with van der Waals surface area (Å²) in [6, 6.07) is 3.71. The molecule has 4 heteroatoms. The number of aliphatic hydroxyl groups excluding tert-OH is 1. The Labute approximate surface area is 143 Å². The van der Waals surface area contributed by atoms with Gasteiger partial charge in [-0.1, -0.05) is 26.3 Å². The summed E-state index contributed by atoms with van der Waals surface area (Å²) in [5.74, 6) is -0.459. The van der Waals surface area contributed by atoms with Gasteiger partial charge in [0.05, 0.1) is 5.41 Å². The SMILES string of the molecule is CC(CO)c1c(O)ccc2c1CCC1C(C)(C(=O)O)CCCC21C. The van der Waals surface area contributed by atoms with Crippen LogP contribution in [0, 0.1) is 11.3 Å². The fraction of sp³-hybridized carbons (Fsp3) is 0.650. The first-order chi connectivity index (χ1) is 11.3. The fourth-order valence-electron chi connectivity index (χ4n) is 5.48. The highest BCUT2D eigenvalue weighted by molar-refractivity contribution is 5.75. The van der Waals surface area contributed by atoms with Gasteiger partial charge in [0.1, 0.15) is 5.75 Å². The quantitative estimate of drug-likeness (QED) is 0.790. The van der Waals surface area contributed by atoms with E-state index in [9.17, 15) is 20.1 Å². The molecule has 2 aliphatic rings. The Bertz CT molecular complexity index is 668. The van der Waals surface area contributed by atoms with Gasteiger partial charge in [-0.3, -0.25) is 4.79 Å². The number of rotatable bonds is 3. The Morgan fingerprint density at radius 3 is 2.67 bits per heavy atom. The summed E-state index contributed by atoms with van der Waals surface area (Å²) >= 11 is 0. The molecule has 0 spiro atoms. The molecule has 0 amide bonds. The third-order valence-corrected chi connectivity index (χ3v) is 6.82. The van der Waals surface area contributed by atoms with Gasteiger partial charge in [-0.25, -0.2) is 0 Å². The minimum atomic E-state index is -0.690. The number of carboxylic acids is 1. The molecule has 2 aliphatic carbocycles. The predicted octanol–water partition coefficient (Wildman–Crippen LogP) is 3.58. The number of hydrogen-bond acceptors (Lipinski definition) is 3. The van der Waals surface area contributed by atoms with Crippen molar-refractivity contribution in [1.82, 2.24) is 0 Å². The van der Waals surface area contributed by atoms with E-state index in [1.54, 1.807) is 6.07 Å². The predicted molar refractivity (Wildman–Crippen MR) is 92.4 cm³/mol. The van der Waals surface area contributed by atoms with E-state index in [0.717, 1.165) is 43.2 Å². The molecule has 1 aromatic carbocycles. The van der Waals surface area contributed by atoms with Gasteiger partial charge < -0.3 is 15.3 Å². The van der Waals surface area contributed by atoms with Crippen LogP contribution >= 0.6 is 0 Å². The van der Waals surface area contributed by atoms with Crippen LogP contribution in [0.15, 0.2) is 12.1 Å². The molecule has 0 heterocycles. The first-order valence-electron chi connectivity index (χ1n) is 8.95. The number of benzene rings is 1. The van der Waals surface area contributed by atoms with Gasteiger partial charge >= 0.3 is 5.97 Å². The van der Waals surface area contributed by atoms with Gasteiger partial charge in [-0.05, 0) is 61.1 Å². The number of carboxylic acid groups (broad SMARTS) is 1. The van der Waals surface area contributed by atoms with E-state index < -0.39 is 11.4 Å². The number of phenols is 1. The van der Waals surface area contributed by atoms with E-state index in [-0.39, 0.29) is 29.6 Å². The highest BCUT2D eigenvalue weighted by Gasteiger charge is 2.55. The third-order valence-electron chi connectivity index (χ3n) is 6.82. The normalized spacial score (nSPS) is 33.4. The second kappa shape index (κ2) is 5.76. The average molecular weight is 332 g/mol. The van der Waals surface area contributed by atoms with Gasteiger partial charge in [0.25, 0.3) is 0 Å². The summed E-state index contributed by atoms with van der Waals surface area (Å²) in [6.45, 7) is 6.02. The van der Waals surface area contributed by atoms with Gasteiger partial charge in [-0.2, -0.15) is 0 Å². The van der Waals surface area contributed by atoms with E-state index in [1.165, 1.54) is 5.56 Å². The molecular formula is C20H28O4. The van der Waals surface area contributed by atoms with Crippen LogP contribution in [0.25, 0.3) is 0 Å². The van der Waals surface area contributed by atoms with Crippen LogP contribution in [0.5, 0.6) is 5.75 Å². The Kier molecular flexibility index (Phi) is 4.15. The molecule has 1 fully saturated rings. The maximum absolute atomic E-state index is 12.0. The lowest BCUT2D eigenvalue weighted by Gasteiger charge is -2.54. The smallest absolute Gasteiger partial charge is 0.309 e. The highest BCUT2D eigenvalue weighted by atomic mass is 16.4. The molecule has 4 nitrogen and oxygen atoms in total. The number of phenolic OH excluding ortho intramolecular Hbond substituents is 1. The van der Waals surface area contributed by atoms with Gasteiger partial charge in [0.15, 0.2) is 0 Å². The largest absolute Gasteiger partial charge is 0.508 e. The summed E-state index contributed by atoms with van der Waals surface area (Å²) in [5.41, 5.74) is 2.28. The Hall–Kier alpha value is -1.55. The molecule has 3 rings (SSSR count). The van der Waals surface area contributed by atoms with Crippen molar-refractivity contribution in [2.45, 2.75) is 64.2 Å². The van der Waals surface area contributed by atoms with E-state index in [2.05, 4.69) is 6.92 Å². The zero-order valence-corrected chi connectivity index (χ0v) is 14.8. The molecule has 4 unspecified atom stereocenters. The van der Waals surface area contributed by atoms with Crippen molar-refractivity contribution >= 4 is 5.97 Å². The van der Waals surface area contributed by atoms with Gasteiger partial charge in [0.2, 0.25) is 0 Å². The second-order valence-electron chi connectivity index (χ2n) is 8.19. The molecule has 0 radical (unpaired) electrons. The van der Waals surface area contributed by atoms with Crippen molar-refractivity contribution in [1.29, 1.82) is 0 Å².